The number of carbonyl (C=O) groups is 3. The largest absolute Gasteiger partial charge is 0.497 e. The van der Waals surface area contributed by atoms with Crippen molar-refractivity contribution in [2.75, 3.05) is 26.9 Å². The number of hydrogen-bond acceptors (Lipinski definition) is 5. The van der Waals surface area contributed by atoms with Crippen molar-refractivity contribution >= 4 is 17.6 Å². The highest BCUT2D eigenvalue weighted by molar-refractivity contribution is 6.06. The summed E-state index contributed by atoms with van der Waals surface area (Å²) in [6, 6.07) is 6.56. The summed E-state index contributed by atoms with van der Waals surface area (Å²) in [4.78, 5) is 35.9. The lowest BCUT2D eigenvalue weighted by atomic mass is 10.1. The second-order valence-corrected chi connectivity index (χ2v) is 4.02. The molecule has 1 aliphatic rings. The van der Waals surface area contributed by atoms with Crippen molar-refractivity contribution in [3.63, 3.8) is 0 Å². The number of rotatable bonds is 4. The Labute approximate surface area is 109 Å². The molecular weight excluding hydrogens is 250 g/mol. The van der Waals surface area contributed by atoms with E-state index in [-0.39, 0.29) is 25.5 Å². The van der Waals surface area contributed by atoms with Crippen LogP contribution in [-0.4, -0.2) is 49.4 Å². The molecule has 2 amide bonds. The number of hydrogen-bond donors (Lipinski definition) is 0. The van der Waals surface area contributed by atoms with Gasteiger partial charge in [-0.2, -0.15) is 0 Å². The summed E-state index contributed by atoms with van der Waals surface area (Å²) in [6.45, 7) is -0.609. The lowest BCUT2D eigenvalue weighted by molar-refractivity contribution is -0.157. The molecule has 1 saturated heterocycles. The molecule has 2 rings (SSSR count). The first-order chi connectivity index (χ1) is 9.11. The SMILES string of the molecule is COc1cccc(C(=O)CN2C(=O)COCC2=O)c1. The molecule has 0 saturated carbocycles. The second kappa shape index (κ2) is 5.62. The summed E-state index contributed by atoms with van der Waals surface area (Å²) in [5, 5.41) is 0. The first kappa shape index (κ1) is 13.2. The Morgan fingerprint density at radius 3 is 2.63 bits per heavy atom. The average Bonchev–Trinajstić information content (AvgIpc) is 2.43. The molecule has 1 aromatic rings. The molecule has 0 spiro atoms. The van der Waals surface area contributed by atoms with Gasteiger partial charge in [-0.15, -0.1) is 0 Å². The van der Waals surface area contributed by atoms with Crippen molar-refractivity contribution in [3.8, 4) is 5.75 Å². The normalized spacial score (nSPS) is 15.5. The minimum absolute atomic E-state index is 0.170. The quantitative estimate of drug-likeness (QED) is 0.575. The van der Waals surface area contributed by atoms with Crippen LogP contribution in [0, 0.1) is 0 Å². The van der Waals surface area contributed by atoms with Gasteiger partial charge in [-0.05, 0) is 12.1 Å². The van der Waals surface area contributed by atoms with Gasteiger partial charge in [0.15, 0.2) is 5.78 Å². The molecule has 0 N–H and O–H groups in total. The predicted molar refractivity (Wildman–Crippen MR) is 64.9 cm³/mol. The van der Waals surface area contributed by atoms with E-state index in [2.05, 4.69) is 0 Å². The maximum atomic E-state index is 12.0. The van der Waals surface area contributed by atoms with Gasteiger partial charge in [0.25, 0.3) is 11.8 Å². The number of morpholine rings is 1. The van der Waals surface area contributed by atoms with Gasteiger partial charge in [-0.3, -0.25) is 19.3 Å². The molecule has 6 heteroatoms. The van der Waals surface area contributed by atoms with Crippen LogP contribution < -0.4 is 4.74 Å². The third kappa shape index (κ3) is 2.97. The second-order valence-electron chi connectivity index (χ2n) is 4.02. The highest BCUT2D eigenvalue weighted by Gasteiger charge is 2.28. The van der Waals surface area contributed by atoms with Gasteiger partial charge in [0.1, 0.15) is 19.0 Å². The molecule has 6 nitrogen and oxygen atoms in total. The maximum Gasteiger partial charge on any atom is 0.255 e. The van der Waals surface area contributed by atoms with E-state index in [1.54, 1.807) is 24.3 Å². The number of ether oxygens (including phenoxy) is 2. The van der Waals surface area contributed by atoms with Gasteiger partial charge in [-0.25, -0.2) is 0 Å². The molecular formula is C13H13NO5. The Morgan fingerprint density at radius 1 is 1.32 bits per heavy atom. The molecule has 0 unspecified atom stereocenters. The minimum atomic E-state index is -0.493. The van der Waals surface area contributed by atoms with Crippen LogP contribution in [0.1, 0.15) is 10.4 Å². The van der Waals surface area contributed by atoms with E-state index in [4.69, 9.17) is 9.47 Å². The number of imide groups is 1. The summed E-state index contributed by atoms with van der Waals surface area (Å²) in [7, 11) is 1.50. The van der Waals surface area contributed by atoms with E-state index in [0.717, 1.165) is 4.90 Å². The highest BCUT2D eigenvalue weighted by atomic mass is 16.5. The maximum absolute atomic E-state index is 12.0. The first-order valence-electron chi connectivity index (χ1n) is 5.70. The fraction of sp³-hybridized carbons (Fsp3) is 0.308. The molecule has 100 valence electrons. The Kier molecular flexibility index (Phi) is 3.91. The molecule has 0 atom stereocenters. The zero-order chi connectivity index (χ0) is 13.8. The van der Waals surface area contributed by atoms with Crippen LogP contribution in [-0.2, 0) is 14.3 Å². The summed E-state index contributed by atoms with van der Waals surface area (Å²) in [6.07, 6.45) is 0. The fourth-order valence-electron chi connectivity index (χ4n) is 1.73. The number of carbonyl (C=O) groups excluding carboxylic acids is 3. The van der Waals surface area contributed by atoms with Crippen LogP contribution in [0.3, 0.4) is 0 Å². The number of ketones is 1. The third-order valence-electron chi connectivity index (χ3n) is 2.75. The third-order valence-corrected chi connectivity index (χ3v) is 2.75. The number of Topliss-reactive ketones (excluding diaryl/α,β-unsaturated/α-hetero) is 1. The summed E-state index contributed by atoms with van der Waals surface area (Å²) in [5.74, 6) is -0.757. The number of methoxy groups -OCH3 is 1. The van der Waals surface area contributed by atoms with E-state index >= 15 is 0 Å². The standard InChI is InChI=1S/C13H13NO5/c1-18-10-4-2-3-9(5-10)11(15)6-14-12(16)7-19-8-13(14)17/h2-5H,6-8H2,1H3. The Bertz CT molecular complexity index is 510. The zero-order valence-corrected chi connectivity index (χ0v) is 10.4. The average molecular weight is 263 g/mol. The minimum Gasteiger partial charge on any atom is -0.497 e. The van der Waals surface area contributed by atoms with Crippen LogP contribution in [0.2, 0.25) is 0 Å². The van der Waals surface area contributed by atoms with Gasteiger partial charge in [0, 0.05) is 5.56 Å². The first-order valence-corrected chi connectivity index (χ1v) is 5.70. The Morgan fingerprint density at radius 2 is 2.00 bits per heavy atom. The van der Waals surface area contributed by atoms with Gasteiger partial charge < -0.3 is 9.47 Å². The van der Waals surface area contributed by atoms with Crippen LogP contribution in [0.15, 0.2) is 24.3 Å². The molecule has 0 bridgehead atoms. The van der Waals surface area contributed by atoms with Crippen molar-refractivity contribution in [2.24, 2.45) is 0 Å². The fourth-order valence-corrected chi connectivity index (χ4v) is 1.73. The lowest BCUT2D eigenvalue weighted by Gasteiger charge is -2.24. The molecule has 1 aromatic carbocycles. The molecule has 19 heavy (non-hydrogen) atoms. The molecule has 0 aromatic heterocycles. The van der Waals surface area contributed by atoms with Crippen molar-refractivity contribution in [2.45, 2.75) is 0 Å². The van der Waals surface area contributed by atoms with E-state index in [9.17, 15) is 14.4 Å². The molecule has 1 aliphatic heterocycles. The van der Waals surface area contributed by atoms with Crippen molar-refractivity contribution in [1.29, 1.82) is 0 Å². The van der Waals surface area contributed by atoms with Crippen molar-refractivity contribution in [3.05, 3.63) is 29.8 Å². The topological polar surface area (TPSA) is 72.9 Å². The van der Waals surface area contributed by atoms with E-state index in [0.29, 0.717) is 11.3 Å². The summed E-state index contributed by atoms with van der Waals surface area (Å²) >= 11 is 0. The van der Waals surface area contributed by atoms with Crippen molar-refractivity contribution in [1.82, 2.24) is 4.90 Å². The lowest BCUT2D eigenvalue weighted by Crippen LogP contribution is -2.48. The van der Waals surface area contributed by atoms with Crippen molar-refractivity contribution < 1.29 is 23.9 Å². The predicted octanol–water partition coefficient (Wildman–Crippen LogP) is 0.263. The Hall–Kier alpha value is -2.21. The summed E-state index contributed by atoms with van der Waals surface area (Å²) in [5.41, 5.74) is 0.395. The number of benzene rings is 1. The molecule has 0 radical (unpaired) electrons. The molecule has 0 aliphatic carbocycles. The van der Waals surface area contributed by atoms with Crippen LogP contribution >= 0.6 is 0 Å². The van der Waals surface area contributed by atoms with Gasteiger partial charge >= 0.3 is 0 Å². The molecule has 1 heterocycles. The van der Waals surface area contributed by atoms with Gasteiger partial charge in [-0.1, -0.05) is 12.1 Å². The molecule has 1 fully saturated rings. The van der Waals surface area contributed by atoms with E-state index < -0.39 is 11.8 Å². The summed E-state index contributed by atoms with van der Waals surface area (Å²) < 4.78 is 9.79. The van der Waals surface area contributed by atoms with E-state index in [1.807, 2.05) is 0 Å². The van der Waals surface area contributed by atoms with Crippen LogP contribution in [0.5, 0.6) is 5.75 Å². The zero-order valence-electron chi connectivity index (χ0n) is 10.4. The van der Waals surface area contributed by atoms with Gasteiger partial charge in [0.05, 0.1) is 13.7 Å². The number of nitrogens with zero attached hydrogens (tertiary/aromatic N) is 1. The van der Waals surface area contributed by atoms with Crippen LogP contribution in [0.4, 0.5) is 0 Å². The monoisotopic (exact) mass is 263 g/mol. The van der Waals surface area contributed by atoms with Gasteiger partial charge in [0.2, 0.25) is 0 Å². The Balaban J connectivity index is 2.11. The highest BCUT2D eigenvalue weighted by Crippen LogP contribution is 2.14. The van der Waals surface area contributed by atoms with E-state index in [1.165, 1.54) is 7.11 Å². The number of amides is 2. The smallest absolute Gasteiger partial charge is 0.255 e. The van der Waals surface area contributed by atoms with Crippen LogP contribution in [0.25, 0.3) is 0 Å².